The molecule has 1 aliphatic rings. The van der Waals surface area contributed by atoms with Crippen LogP contribution >= 0.6 is 12.2 Å². The van der Waals surface area contributed by atoms with Gasteiger partial charge in [-0.3, -0.25) is 19.4 Å². The first-order valence-corrected chi connectivity index (χ1v) is 10.5. The molecule has 1 fully saturated rings. The van der Waals surface area contributed by atoms with Crippen LogP contribution in [0.3, 0.4) is 0 Å². The van der Waals surface area contributed by atoms with Gasteiger partial charge in [-0.1, -0.05) is 19.9 Å². The second-order valence-electron chi connectivity index (χ2n) is 6.97. The van der Waals surface area contributed by atoms with Crippen LogP contribution in [0, 0.1) is 6.92 Å². The number of rotatable bonds is 8. The summed E-state index contributed by atoms with van der Waals surface area (Å²) < 4.78 is 0. The Labute approximate surface area is 174 Å². The second-order valence-corrected chi connectivity index (χ2v) is 7.33. The van der Waals surface area contributed by atoms with E-state index in [1.165, 1.54) is 15.5 Å². The number of hydrogen-bond acceptors (Lipinski definition) is 4. The Morgan fingerprint density at radius 1 is 0.964 bits per heavy atom. The quantitative estimate of drug-likeness (QED) is 0.375. The SMILES string of the molecule is CCCN(CCC)c1ccc(C=C2C(=O)N(CC)C(=S)N(CC)C2=O)c(C)c1. The number of carbonyl (C=O) groups is 2. The summed E-state index contributed by atoms with van der Waals surface area (Å²) in [6.45, 7) is 13.0. The second kappa shape index (κ2) is 9.82. The number of carbonyl (C=O) groups excluding carboxylic acids is 2. The number of nitrogens with zero attached hydrogens (tertiary/aromatic N) is 3. The predicted molar refractivity (Wildman–Crippen MR) is 119 cm³/mol. The molecule has 0 unspecified atom stereocenters. The lowest BCUT2D eigenvalue weighted by atomic mass is 10.0. The van der Waals surface area contributed by atoms with Crippen molar-refractivity contribution in [2.45, 2.75) is 47.5 Å². The molecule has 1 aliphatic heterocycles. The van der Waals surface area contributed by atoms with Gasteiger partial charge in [0.05, 0.1) is 0 Å². The molecule has 152 valence electrons. The van der Waals surface area contributed by atoms with Gasteiger partial charge >= 0.3 is 0 Å². The number of anilines is 1. The van der Waals surface area contributed by atoms with Crippen LogP contribution in [-0.4, -0.2) is 52.9 Å². The van der Waals surface area contributed by atoms with E-state index in [0.717, 1.165) is 37.1 Å². The van der Waals surface area contributed by atoms with Gasteiger partial charge < -0.3 is 4.90 Å². The molecule has 0 N–H and O–H groups in total. The first-order valence-electron chi connectivity index (χ1n) is 10.1. The molecule has 1 aromatic rings. The molecule has 0 bridgehead atoms. The van der Waals surface area contributed by atoms with Crippen LogP contribution < -0.4 is 4.90 Å². The normalized spacial score (nSPS) is 14.8. The van der Waals surface area contributed by atoms with E-state index in [9.17, 15) is 9.59 Å². The van der Waals surface area contributed by atoms with Crippen LogP contribution in [0.4, 0.5) is 5.69 Å². The maximum Gasteiger partial charge on any atom is 0.265 e. The summed E-state index contributed by atoms with van der Waals surface area (Å²) in [5, 5.41) is 0.291. The molecule has 6 heteroatoms. The molecule has 0 spiro atoms. The van der Waals surface area contributed by atoms with Gasteiger partial charge in [0.2, 0.25) is 0 Å². The third kappa shape index (κ3) is 4.43. The fraction of sp³-hybridized carbons (Fsp3) is 0.500. The zero-order valence-electron chi connectivity index (χ0n) is 17.6. The average molecular weight is 402 g/mol. The highest BCUT2D eigenvalue weighted by Gasteiger charge is 2.37. The lowest BCUT2D eigenvalue weighted by molar-refractivity contribution is -0.133. The maximum atomic E-state index is 12.8. The molecule has 0 aromatic heterocycles. The van der Waals surface area contributed by atoms with Gasteiger partial charge in [0.1, 0.15) is 5.57 Å². The highest BCUT2D eigenvalue weighted by atomic mass is 32.1. The van der Waals surface area contributed by atoms with E-state index >= 15 is 0 Å². The Bertz CT molecular complexity index is 754. The summed E-state index contributed by atoms with van der Waals surface area (Å²) in [4.78, 5) is 31.0. The van der Waals surface area contributed by atoms with Gasteiger partial charge in [0.15, 0.2) is 5.11 Å². The van der Waals surface area contributed by atoms with E-state index in [0.29, 0.717) is 18.2 Å². The topological polar surface area (TPSA) is 43.9 Å². The Morgan fingerprint density at radius 2 is 1.50 bits per heavy atom. The van der Waals surface area contributed by atoms with Crippen molar-refractivity contribution in [3.63, 3.8) is 0 Å². The Hall–Kier alpha value is -2.21. The summed E-state index contributed by atoms with van der Waals surface area (Å²) in [6, 6.07) is 6.20. The zero-order chi connectivity index (χ0) is 20.8. The first kappa shape index (κ1) is 22.1. The van der Waals surface area contributed by atoms with Crippen LogP contribution in [0.25, 0.3) is 6.08 Å². The molecule has 0 aliphatic carbocycles. The minimum atomic E-state index is -0.315. The van der Waals surface area contributed by atoms with Gasteiger partial charge in [0.25, 0.3) is 11.8 Å². The summed E-state index contributed by atoms with van der Waals surface area (Å²) in [7, 11) is 0. The molecule has 0 saturated carbocycles. The van der Waals surface area contributed by atoms with E-state index in [1.54, 1.807) is 6.08 Å². The fourth-order valence-electron chi connectivity index (χ4n) is 3.47. The van der Waals surface area contributed by atoms with Crippen LogP contribution in [0.5, 0.6) is 0 Å². The van der Waals surface area contributed by atoms with E-state index in [-0.39, 0.29) is 17.4 Å². The van der Waals surface area contributed by atoms with Crippen molar-refractivity contribution in [3.05, 3.63) is 34.9 Å². The Balaban J connectivity index is 2.41. The first-order chi connectivity index (χ1) is 13.4. The lowest BCUT2D eigenvalue weighted by Crippen LogP contribution is -2.55. The molecule has 2 amide bonds. The van der Waals surface area contributed by atoms with Crippen molar-refractivity contribution < 1.29 is 9.59 Å². The predicted octanol–water partition coefficient (Wildman–Crippen LogP) is 4.00. The standard InChI is InChI=1S/C22H31N3O2S/c1-6-12-23(13-7-2)18-11-10-17(16(5)14-18)15-19-20(26)24(8-3)22(28)25(9-4)21(19)27/h10-11,14-15H,6-9,12-13H2,1-5H3. The molecule has 1 aromatic carbocycles. The Kier molecular flexibility index (Phi) is 7.75. The zero-order valence-corrected chi connectivity index (χ0v) is 18.4. The molecule has 0 radical (unpaired) electrons. The van der Waals surface area contributed by atoms with Crippen molar-refractivity contribution in [1.29, 1.82) is 0 Å². The van der Waals surface area contributed by atoms with E-state index in [1.807, 2.05) is 26.8 Å². The third-order valence-electron chi connectivity index (χ3n) is 4.95. The molecule has 0 atom stereocenters. The summed E-state index contributed by atoms with van der Waals surface area (Å²) in [5.41, 5.74) is 3.28. The monoisotopic (exact) mass is 401 g/mol. The van der Waals surface area contributed by atoms with E-state index < -0.39 is 0 Å². The van der Waals surface area contributed by atoms with E-state index in [4.69, 9.17) is 12.2 Å². The fourth-order valence-corrected chi connectivity index (χ4v) is 3.89. The van der Waals surface area contributed by atoms with E-state index in [2.05, 4.69) is 30.9 Å². The van der Waals surface area contributed by atoms with Gasteiger partial charge in [-0.25, -0.2) is 0 Å². The van der Waals surface area contributed by atoms with Crippen molar-refractivity contribution in [3.8, 4) is 0 Å². The average Bonchev–Trinajstić information content (AvgIpc) is 2.67. The minimum absolute atomic E-state index is 0.173. The molecular weight excluding hydrogens is 370 g/mol. The van der Waals surface area contributed by atoms with Crippen molar-refractivity contribution >= 4 is 40.9 Å². The molecule has 1 heterocycles. The van der Waals surface area contributed by atoms with Crippen LogP contribution in [0.2, 0.25) is 0 Å². The van der Waals surface area contributed by atoms with Crippen LogP contribution in [-0.2, 0) is 9.59 Å². The number of hydrogen-bond donors (Lipinski definition) is 0. The maximum absolute atomic E-state index is 12.8. The van der Waals surface area contributed by atoms with Gasteiger partial charge in [0, 0.05) is 31.9 Å². The van der Waals surface area contributed by atoms with Crippen LogP contribution in [0.1, 0.15) is 51.7 Å². The number of benzene rings is 1. The van der Waals surface area contributed by atoms with Crippen LogP contribution in [0.15, 0.2) is 23.8 Å². The van der Waals surface area contributed by atoms with Gasteiger partial charge in [-0.05, 0) is 75.2 Å². The molecule has 5 nitrogen and oxygen atoms in total. The molecule has 1 saturated heterocycles. The number of thiocarbonyl (C=S) groups is 1. The third-order valence-corrected chi connectivity index (χ3v) is 5.39. The highest BCUT2D eigenvalue weighted by molar-refractivity contribution is 7.80. The van der Waals surface area contributed by atoms with Crippen molar-refractivity contribution in [2.75, 3.05) is 31.1 Å². The largest absolute Gasteiger partial charge is 0.372 e. The molecule has 28 heavy (non-hydrogen) atoms. The van der Waals surface area contributed by atoms with Gasteiger partial charge in [-0.2, -0.15) is 0 Å². The highest BCUT2D eigenvalue weighted by Crippen LogP contribution is 2.25. The van der Waals surface area contributed by atoms with Crippen molar-refractivity contribution in [2.24, 2.45) is 0 Å². The molecule has 2 rings (SSSR count). The smallest absolute Gasteiger partial charge is 0.265 e. The summed E-state index contributed by atoms with van der Waals surface area (Å²) in [6.07, 6.45) is 3.89. The van der Waals surface area contributed by atoms with Gasteiger partial charge in [-0.15, -0.1) is 0 Å². The number of amides is 2. The number of likely N-dealkylation sites (N-methyl/N-ethyl adjacent to an activating group) is 2. The molecular formula is C22H31N3O2S. The minimum Gasteiger partial charge on any atom is -0.372 e. The van der Waals surface area contributed by atoms with Crippen molar-refractivity contribution in [1.82, 2.24) is 9.80 Å². The Morgan fingerprint density at radius 3 is 1.93 bits per heavy atom. The number of aryl methyl sites for hydroxylation is 1. The summed E-state index contributed by atoms with van der Waals surface area (Å²) in [5.74, 6) is -0.631. The summed E-state index contributed by atoms with van der Waals surface area (Å²) >= 11 is 5.32. The lowest BCUT2D eigenvalue weighted by Gasteiger charge is -2.35.